The molecule has 2 N–H and O–H groups in total. The number of aliphatic carboxylic acids is 1. The van der Waals surface area contributed by atoms with Gasteiger partial charge in [0.1, 0.15) is 0 Å². The molecule has 168 valence electrons. The van der Waals surface area contributed by atoms with Gasteiger partial charge in [-0.2, -0.15) is 0 Å². The van der Waals surface area contributed by atoms with Gasteiger partial charge >= 0.3 is 5.97 Å². The molecule has 32 heavy (non-hydrogen) atoms. The van der Waals surface area contributed by atoms with Crippen LogP contribution < -0.4 is 0 Å². The van der Waals surface area contributed by atoms with E-state index in [0.29, 0.717) is 12.1 Å². The highest BCUT2D eigenvalue weighted by molar-refractivity contribution is 6.42. The number of rotatable bonds is 5. The molecule has 1 atom stereocenters. The first kappa shape index (κ1) is 22.6. The molecule has 1 fully saturated rings. The number of phenols is 1. The fourth-order valence-electron chi connectivity index (χ4n) is 4.85. The van der Waals surface area contributed by atoms with E-state index in [9.17, 15) is 19.8 Å². The van der Waals surface area contributed by atoms with Crippen LogP contribution in [0, 0.1) is 18.7 Å². The van der Waals surface area contributed by atoms with Crippen LogP contribution in [0.15, 0.2) is 30.3 Å². The minimum atomic E-state index is -1.08. The number of carbonyl (C=O) groups excluding carboxylic acids is 1. The first-order chi connectivity index (χ1) is 15.2. The molecule has 8 heteroatoms. The fraction of sp³-hybridized carbons (Fsp3) is 0.333. The number of benzene rings is 2. The summed E-state index contributed by atoms with van der Waals surface area (Å²) >= 11 is 12.0. The highest BCUT2D eigenvalue weighted by atomic mass is 35.5. The van der Waals surface area contributed by atoms with E-state index < -0.39 is 29.4 Å². The number of fused-ring (bicyclic) bond motifs is 1. The number of carboxylic acids is 1. The Hall–Kier alpha value is -2.57. The van der Waals surface area contributed by atoms with Gasteiger partial charge in [-0.3, -0.25) is 14.2 Å². The van der Waals surface area contributed by atoms with Crippen molar-refractivity contribution in [3.05, 3.63) is 63.0 Å². The second-order valence-corrected chi connectivity index (χ2v) is 9.15. The third-order valence-electron chi connectivity index (χ3n) is 6.40. The maximum absolute atomic E-state index is 15.2. The Morgan fingerprint density at radius 1 is 1.16 bits per heavy atom. The second kappa shape index (κ2) is 8.75. The van der Waals surface area contributed by atoms with E-state index in [1.807, 2.05) is 0 Å². The molecule has 0 aliphatic heterocycles. The molecule has 1 aromatic heterocycles. The predicted molar refractivity (Wildman–Crippen MR) is 121 cm³/mol. The van der Waals surface area contributed by atoms with Gasteiger partial charge in [-0.1, -0.05) is 48.9 Å². The van der Waals surface area contributed by atoms with Gasteiger partial charge in [0.05, 0.1) is 21.5 Å². The van der Waals surface area contributed by atoms with E-state index in [0.717, 1.165) is 31.7 Å². The summed E-state index contributed by atoms with van der Waals surface area (Å²) in [5.74, 6) is -3.88. The van der Waals surface area contributed by atoms with E-state index in [1.54, 1.807) is 6.92 Å². The molecule has 1 aliphatic carbocycles. The number of carboxylic acid groups (broad SMARTS) is 1. The van der Waals surface area contributed by atoms with Gasteiger partial charge < -0.3 is 10.2 Å². The van der Waals surface area contributed by atoms with Crippen LogP contribution in [0.2, 0.25) is 10.0 Å². The van der Waals surface area contributed by atoms with Crippen molar-refractivity contribution in [2.75, 3.05) is 0 Å². The summed E-state index contributed by atoms with van der Waals surface area (Å²) in [5.41, 5.74) is 0.968. The van der Waals surface area contributed by atoms with Crippen LogP contribution in [0.4, 0.5) is 4.39 Å². The predicted octanol–water partition coefficient (Wildman–Crippen LogP) is 6.54. The van der Waals surface area contributed by atoms with Crippen LogP contribution in [-0.4, -0.2) is 26.7 Å². The van der Waals surface area contributed by atoms with Gasteiger partial charge in [-0.25, -0.2) is 4.39 Å². The van der Waals surface area contributed by atoms with Gasteiger partial charge in [0.15, 0.2) is 11.6 Å². The molecule has 5 nitrogen and oxygen atoms in total. The maximum Gasteiger partial charge on any atom is 0.311 e. The van der Waals surface area contributed by atoms with Crippen LogP contribution in [0.1, 0.15) is 59.6 Å². The smallest absolute Gasteiger partial charge is 0.311 e. The lowest BCUT2D eigenvalue weighted by Gasteiger charge is -2.18. The largest absolute Gasteiger partial charge is 0.505 e. The monoisotopic (exact) mass is 477 g/mol. The SMILES string of the molecule is Cc1c([C@H](CC2CCCC2)C(=O)O)c2c(F)c(O)ccc2n1C(=O)c1ccc(Cl)c(Cl)c1. The Morgan fingerprint density at radius 2 is 1.84 bits per heavy atom. The summed E-state index contributed by atoms with van der Waals surface area (Å²) in [4.78, 5) is 25.7. The highest BCUT2D eigenvalue weighted by Gasteiger charge is 2.34. The molecular formula is C24H22Cl2FNO4. The fourth-order valence-corrected chi connectivity index (χ4v) is 5.15. The van der Waals surface area contributed by atoms with Gasteiger partial charge in [0.2, 0.25) is 0 Å². The molecule has 1 saturated carbocycles. The number of aromatic hydroxyl groups is 1. The van der Waals surface area contributed by atoms with Gasteiger partial charge in [-0.05, 0) is 55.2 Å². The van der Waals surface area contributed by atoms with Crippen LogP contribution in [0.25, 0.3) is 10.9 Å². The van der Waals surface area contributed by atoms with E-state index in [1.165, 1.54) is 28.8 Å². The number of nitrogens with zero attached hydrogens (tertiary/aromatic N) is 1. The molecule has 0 radical (unpaired) electrons. The van der Waals surface area contributed by atoms with Crippen molar-refractivity contribution in [2.24, 2.45) is 5.92 Å². The topological polar surface area (TPSA) is 79.5 Å². The molecular weight excluding hydrogens is 456 g/mol. The summed E-state index contributed by atoms with van der Waals surface area (Å²) in [6.45, 7) is 1.60. The quantitative estimate of drug-likeness (QED) is 0.437. The van der Waals surface area contributed by atoms with Gasteiger partial charge in [0.25, 0.3) is 5.91 Å². The van der Waals surface area contributed by atoms with Crippen LogP contribution in [-0.2, 0) is 4.79 Å². The number of carbonyl (C=O) groups is 2. The van der Waals surface area contributed by atoms with Crippen molar-refractivity contribution in [3.63, 3.8) is 0 Å². The normalized spacial score (nSPS) is 15.4. The van der Waals surface area contributed by atoms with Crippen molar-refractivity contribution >= 4 is 46.0 Å². The summed E-state index contributed by atoms with van der Waals surface area (Å²) in [5, 5.41) is 20.5. The highest BCUT2D eigenvalue weighted by Crippen LogP contribution is 2.42. The number of hydrogen-bond acceptors (Lipinski definition) is 3. The minimum absolute atomic E-state index is 0.0405. The zero-order chi connectivity index (χ0) is 23.2. The lowest BCUT2D eigenvalue weighted by Crippen LogP contribution is -2.18. The average molecular weight is 478 g/mol. The van der Waals surface area contributed by atoms with Crippen LogP contribution >= 0.6 is 23.2 Å². The van der Waals surface area contributed by atoms with Gasteiger partial charge in [0, 0.05) is 16.6 Å². The average Bonchev–Trinajstić information content (AvgIpc) is 3.36. The van der Waals surface area contributed by atoms with Crippen molar-refractivity contribution in [3.8, 4) is 5.75 Å². The molecule has 4 rings (SSSR count). The lowest BCUT2D eigenvalue weighted by molar-refractivity contribution is -0.139. The number of halogens is 3. The minimum Gasteiger partial charge on any atom is -0.505 e. The van der Waals surface area contributed by atoms with E-state index >= 15 is 4.39 Å². The molecule has 1 heterocycles. The molecule has 2 aromatic carbocycles. The van der Waals surface area contributed by atoms with Gasteiger partial charge in [-0.15, -0.1) is 0 Å². The Kier molecular flexibility index (Phi) is 6.19. The first-order valence-electron chi connectivity index (χ1n) is 10.5. The summed E-state index contributed by atoms with van der Waals surface area (Å²) in [7, 11) is 0. The van der Waals surface area contributed by atoms with Crippen molar-refractivity contribution in [2.45, 2.75) is 44.9 Å². The number of phenolic OH excluding ortho intramolecular Hbond substituents is 1. The lowest BCUT2D eigenvalue weighted by atomic mass is 9.86. The molecule has 0 saturated heterocycles. The molecule has 3 aromatic rings. The Morgan fingerprint density at radius 3 is 2.47 bits per heavy atom. The third kappa shape index (κ3) is 3.86. The van der Waals surface area contributed by atoms with E-state index in [2.05, 4.69) is 0 Å². The van der Waals surface area contributed by atoms with Crippen molar-refractivity contribution in [1.82, 2.24) is 4.57 Å². The van der Waals surface area contributed by atoms with Crippen LogP contribution in [0.5, 0.6) is 5.75 Å². The van der Waals surface area contributed by atoms with E-state index in [4.69, 9.17) is 23.2 Å². The van der Waals surface area contributed by atoms with Crippen molar-refractivity contribution in [1.29, 1.82) is 0 Å². The zero-order valence-corrected chi connectivity index (χ0v) is 18.9. The Balaban J connectivity index is 1.94. The zero-order valence-electron chi connectivity index (χ0n) is 17.4. The van der Waals surface area contributed by atoms with E-state index in [-0.39, 0.29) is 38.0 Å². The first-order valence-corrected chi connectivity index (χ1v) is 11.2. The molecule has 0 unspecified atom stereocenters. The summed E-state index contributed by atoms with van der Waals surface area (Å²) in [6, 6.07) is 7.00. The molecule has 0 bridgehead atoms. The molecule has 0 spiro atoms. The van der Waals surface area contributed by atoms with Crippen LogP contribution in [0.3, 0.4) is 0 Å². The Bertz CT molecular complexity index is 1230. The number of hydrogen-bond donors (Lipinski definition) is 2. The number of aromatic nitrogens is 1. The summed E-state index contributed by atoms with van der Waals surface area (Å²) < 4.78 is 16.5. The second-order valence-electron chi connectivity index (χ2n) is 8.34. The Labute approximate surface area is 194 Å². The third-order valence-corrected chi connectivity index (χ3v) is 7.13. The van der Waals surface area contributed by atoms with Crippen molar-refractivity contribution < 1.29 is 24.2 Å². The standard InChI is InChI=1S/C24H22Cl2FNO4/c1-12-20(15(24(31)32)10-13-4-2-3-5-13)21-18(8-9-19(29)22(21)27)28(12)23(30)14-6-7-16(25)17(26)11-14/h6-9,11,13,15,29H,2-5,10H2,1H3,(H,31,32)/t15-/m0/s1. The summed E-state index contributed by atoms with van der Waals surface area (Å²) in [6.07, 6.45) is 4.30. The molecule has 1 aliphatic rings. The molecule has 0 amide bonds. The maximum atomic E-state index is 15.2.